The third kappa shape index (κ3) is 3.54. The Morgan fingerprint density at radius 1 is 1.13 bits per heavy atom. The van der Waals surface area contributed by atoms with Crippen LogP contribution in [0, 0.1) is 5.82 Å². The minimum Gasteiger partial charge on any atom is -0.495 e. The van der Waals surface area contributed by atoms with Crippen molar-refractivity contribution in [1.82, 2.24) is 0 Å². The Morgan fingerprint density at radius 2 is 1.83 bits per heavy atom. The van der Waals surface area contributed by atoms with E-state index in [2.05, 4.69) is 0 Å². The molecule has 8 heteroatoms. The van der Waals surface area contributed by atoms with Gasteiger partial charge in [0.25, 0.3) is 10.0 Å². The molecule has 0 aromatic heterocycles. The number of ether oxygens (including phenoxy) is 1. The lowest BCUT2D eigenvalue weighted by atomic mass is 10.3. The van der Waals surface area contributed by atoms with Gasteiger partial charge in [-0.05, 0) is 43.3 Å². The summed E-state index contributed by atoms with van der Waals surface area (Å²) >= 11 is 11.7. The third-order valence-corrected chi connectivity index (χ3v) is 5.67. The van der Waals surface area contributed by atoms with E-state index >= 15 is 0 Å². The SMILES string of the molecule is CCN(c1ccc(F)c(Cl)c1)S(=O)(=O)c1ccc(OC)c(Cl)c1. The maximum atomic E-state index is 13.3. The van der Waals surface area contributed by atoms with E-state index in [1.54, 1.807) is 6.92 Å². The van der Waals surface area contributed by atoms with Crippen molar-refractivity contribution in [2.24, 2.45) is 0 Å². The summed E-state index contributed by atoms with van der Waals surface area (Å²) < 4.78 is 45.0. The fourth-order valence-corrected chi connectivity index (χ4v) is 4.06. The molecule has 0 radical (unpaired) electrons. The molecular weight excluding hydrogens is 364 g/mol. The van der Waals surface area contributed by atoms with Crippen LogP contribution in [0.3, 0.4) is 0 Å². The van der Waals surface area contributed by atoms with Gasteiger partial charge in [-0.25, -0.2) is 12.8 Å². The molecule has 0 saturated carbocycles. The molecule has 23 heavy (non-hydrogen) atoms. The second kappa shape index (κ2) is 6.95. The molecule has 0 heterocycles. The molecule has 0 fully saturated rings. The van der Waals surface area contributed by atoms with E-state index in [0.29, 0.717) is 5.75 Å². The Bertz CT molecular complexity index is 827. The first-order valence-corrected chi connectivity index (χ1v) is 8.82. The number of hydrogen-bond donors (Lipinski definition) is 0. The van der Waals surface area contributed by atoms with Crippen LogP contribution >= 0.6 is 23.2 Å². The van der Waals surface area contributed by atoms with Crippen molar-refractivity contribution < 1.29 is 17.5 Å². The minimum atomic E-state index is -3.87. The summed E-state index contributed by atoms with van der Waals surface area (Å²) in [5, 5.41) is 0.0330. The molecule has 0 aliphatic rings. The molecule has 4 nitrogen and oxygen atoms in total. The molecule has 2 rings (SSSR count). The molecule has 0 N–H and O–H groups in total. The Labute approximate surface area is 144 Å². The maximum Gasteiger partial charge on any atom is 0.264 e. The minimum absolute atomic E-state index is 0.00518. The van der Waals surface area contributed by atoms with Crippen LogP contribution in [0.15, 0.2) is 41.3 Å². The van der Waals surface area contributed by atoms with Crippen LogP contribution in [-0.4, -0.2) is 22.1 Å². The molecule has 124 valence electrons. The van der Waals surface area contributed by atoms with Gasteiger partial charge < -0.3 is 4.74 Å². The summed E-state index contributed by atoms with van der Waals surface area (Å²) in [5.74, 6) is -0.241. The van der Waals surface area contributed by atoms with Crippen LogP contribution in [0.5, 0.6) is 5.75 Å². The second-order valence-electron chi connectivity index (χ2n) is 4.56. The second-order valence-corrected chi connectivity index (χ2v) is 7.24. The van der Waals surface area contributed by atoms with Crippen LogP contribution in [0.2, 0.25) is 10.0 Å². The van der Waals surface area contributed by atoms with E-state index in [0.717, 1.165) is 10.4 Å². The summed E-state index contributed by atoms with van der Waals surface area (Å²) in [6.45, 7) is 1.81. The molecular formula is C15H14Cl2FNO3S. The van der Waals surface area contributed by atoms with Gasteiger partial charge in [0, 0.05) is 6.54 Å². The van der Waals surface area contributed by atoms with Gasteiger partial charge in [-0.2, -0.15) is 0 Å². The zero-order valence-electron chi connectivity index (χ0n) is 12.4. The Hall–Kier alpha value is -1.50. The monoisotopic (exact) mass is 377 g/mol. The molecule has 0 saturated heterocycles. The summed E-state index contributed by atoms with van der Waals surface area (Å²) in [6.07, 6.45) is 0. The van der Waals surface area contributed by atoms with E-state index in [4.69, 9.17) is 27.9 Å². The first-order chi connectivity index (χ1) is 10.8. The molecule has 0 atom stereocenters. The van der Waals surface area contributed by atoms with Crippen LogP contribution < -0.4 is 9.04 Å². The van der Waals surface area contributed by atoms with Crippen LogP contribution in [0.25, 0.3) is 0 Å². The van der Waals surface area contributed by atoms with Gasteiger partial charge in [-0.3, -0.25) is 4.31 Å². The van der Waals surface area contributed by atoms with Gasteiger partial charge in [0.2, 0.25) is 0 Å². The van der Waals surface area contributed by atoms with Gasteiger partial charge in [-0.15, -0.1) is 0 Å². The van der Waals surface area contributed by atoms with E-state index in [-0.39, 0.29) is 27.2 Å². The first kappa shape index (κ1) is 17.8. The van der Waals surface area contributed by atoms with Gasteiger partial charge in [-0.1, -0.05) is 23.2 Å². The van der Waals surface area contributed by atoms with Gasteiger partial charge >= 0.3 is 0 Å². The van der Waals surface area contributed by atoms with Crippen molar-refractivity contribution in [3.8, 4) is 5.75 Å². The molecule has 0 unspecified atom stereocenters. The van der Waals surface area contributed by atoms with Crippen molar-refractivity contribution in [3.63, 3.8) is 0 Å². The molecule has 0 spiro atoms. The topological polar surface area (TPSA) is 46.6 Å². The third-order valence-electron chi connectivity index (χ3n) is 3.19. The quantitative estimate of drug-likeness (QED) is 0.777. The van der Waals surface area contributed by atoms with Crippen LogP contribution in [0.1, 0.15) is 6.92 Å². The largest absolute Gasteiger partial charge is 0.495 e. The lowest BCUT2D eigenvalue weighted by molar-refractivity contribution is 0.414. The normalized spacial score (nSPS) is 11.3. The highest BCUT2D eigenvalue weighted by Gasteiger charge is 2.25. The van der Waals surface area contributed by atoms with Crippen molar-refractivity contribution in [2.45, 2.75) is 11.8 Å². The number of rotatable bonds is 5. The van der Waals surface area contributed by atoms with Gasteiger partial charge in [0.15, 0.2) is 0 Å². The zero-order chi connectivity index (χ0) is 17.2. The van der Waals surface area contributed by atoms with Crippen molar-refractivity contribution in [1.29, 1.82) is 0 Å². The van der Waals surface area contributed by atoms with E-state index in [1.807, 2.05) is 0 Å². The predicted octanol–water partition coefficient (Wildman–Crippen LogP) is 4.36. The van der Waals surface area contributed by atoms with Crippen molar-refractivity contribution in [2.75, 3.05) is 18.0 Å². The lowest BCUT2D eigenvalue weighted by Crippen LogP contribution is -2.30. The average molecular weight is 378 g/mol. The van der Waals surface area contributed by atoms with Gasteiger partial charge in [0.05, 0.1) is 27.7 Å². The molecule has 2 aromatic rings. The smallest absolute Gasteiger partial charge is 0.264 e. The zero-order valence-corrected chi connectivity index (χ0v) is 14.7. The Kier molecular flexibility index (Phi) is 5.39. The fourth-order valence-electron chi connectivity index (χ4n) is 2.07. The number of hydrogen-bond acceptors (Lipinski definition) is 3. The predicted molar refractivity (Wildman–Crippen MR) is 89.6 cm³/mol. The number of halogens is 3. The number of sulfonamides is 1. The summed E-state index contributed by atoms with van der Waals surface area (Å²) in [5.41, 5.74) is 0.269. The van der Waals surface area contributed by atoms with Crippen LogP contribution in [0.4, 0.5) is 10.1 Å². The standard InChI is InChI=1S/C15H14Cl2FNO3S/c1-3-19(10-4-6-14(18)12(16)8-10)23(20,21)11-5-7-15(22-2)13(17)9-11/h4-9H,3H2,1-2H3. The van der Waals surface area contributed by atoms with Gasteiger partial charge in [0.1, 0.15) is 11.6 Å². The molecule has 2 aromatic carbocycles. The van der Waals surface area contributed by atoms with Crippen LogP contribution in [-0.2, 0) is 10.0 Å². The highest BCUT2D eigenvalue weighted by molar-refractivity contribution is 7.92. The number of benzene rings is 2. The molecule has 0 bridgehead atoms. The number of anilines is 1. The highest BCUT2D eigenvalue weighted by atomic mass is 35.5. The van der Waals surface area contributed by atoms with E-state index in [9.17, 15) is 12.8 Å². The molecule has 0 aliphatic heterocycles. The molecule has 0 amide bonds. The molecule has 0 aliphatic carbocycles. The number of nitrogens with zero attached hydrogens (tertiary/aromatic N) is 1. The fraction of sp³-hybridized carbons (Fsp3) is 0.200. The summed E-state index contributed by atoms with van der Waals surface area (Å²) in [6, 6.07) is 7.92. The first-order valence-electron chi connectivity index (χ1n) is 6.62. The van der Waals surface area contributed by atoms with E-state index in [1.165, 1.54) is 37.4 Å². The summed E-state index contributed by atoms with van der Waals surface area (Å²) in [7, 11) is -2.43. The van der Waals surface area contributed by atoms with Crippen molar-refractivity contribution in [3.05, 3.63) is 52.3 Å². The highest BCUT2D eigenvalue weighted by Crippen LogP contribution is 2.31. The number of methoxy groups -OCH3 is 1. The Balaban J connectivity index is 2.50. The average Bonchev–Trinajstić information content (AvgIpc) is 2.51. The van der Waals surface area contributed by atoms with Crippen molar-refractivity contribution >= 4 is 38.9 Å². The summed E-state index contributed by atoms with van der Waals surface area (Å²) in [4.78, 5) is 0.00518. The maximum absolute atomic E-state index is 13.3. The Morgan fingerprint density at radius 3 is 2.35 bits per heavy atom. The van der Waals surface area contributed by atoms with E-state index < -0.39 is 15.8 Å². The lowest BCUT2D eigenvalue weighted by Gasteiger charge is -2.23.